The van der Waals surface area contributed by atoms with Crippen molar-refractivity contribution in [2.45, 2.75) is 13.8 Å². The van der Waals surface area contributed by atoms with Crippen molar-refractivity contribution in [2.24, 2.45) is 0 Å². The molecule has 3 nitrogen and oxygen atoms in total. The van der Waals surface area contributed by atoms with Crippen molar-refractivity contribution < 1.29 is 0 Å². The monoisotopic (exact) mass is 315 g/mol. The maximum absolute atomic E-state index is 8.97. The Morgan fingerprint density at radius 1 is 1.21 bits per heavy atom. The molecule has 2 aromatic rings. The Balaban J connectivity index is 2.40. The number of rotatable bonds is 2. The van der Waals surface area contributed by atoms with Gasteiger partial charge in [0.25, 0.3) is 0 Å². The van der Waals surface area contributed by atoms with E-state index in [-0.39, 0.29) is 0 Å². The van der Waals surface area contributed by atoms with Crippen LogP contribution >= 0.6 is 15.9 Å². The molecule has 0 saturated heterocycles. The molecule has 0 aliphatic rings. The number of nitriles is 1. The van der Waals surface area contributed by atoms with Crippen LogP contribution in [0.1, 0.15) is 16.7 Å². The Labute approximate surface area is 121 Å². The van der Waals surface area contributed by atoms with Crippen LogP contribution < -0.4 is 11.1 Å². The van der Waals surface area contributed by atoms with Crippen LogP contribution in [0.2, 0.25) is 0 Å². The predicted octanol–water partition coefficient (Wildman–Crippen LogP) is 4.26. The summed E-state index contributed by atoms with van der Waals surface area (Å²) in [5.41, 5.74) is 10.9. The number of aryl methyl sites for hydroxylation is 2. The first-order valence-electron chi connectivity index (χ1n) is 5.85. The third-order valence-electron chi connectivity index (χ3n) is 2.94. The molecule has 4 heteroatoms. The summed E-state index contributed by atoms with van der Waals surface area (Å²) in [6.45, 7) is 4.08. The topological polar surface area (TPSA) is 61.8 Å². The molecule has 0 atom stereocenters. The van der Waals surface area contributed by atoms with Gasteiger partial charge in [0.15, 0.2) is 0 Å². The van der Waals surface area contributed by atoms with Crippen molar-refractivity contribution in [3.05, 3.63) is 51.5 Å². The first-order valence-corrected chi connectivity index (χ1v) is 6.64. The molecule has 2 rings (SSSR count). The largest absolute Gasteiger partial charge is 0.396 e. The Bertz CT molecular complexity index is 649. The van der Waals surface area contributed by atoms with E-state index in [4.69, 9.17) is 11.0 Å². The van der Waals surface area contributed by atoms with E-state index in [1.165, 1.54) is 0 Å². The molecule has 0 amide bonds. The quantitative estimate of drug-likeness (QED) is 0.814. The van der Waals surface area contributed by atoms with Crippen molar-refractivity contribution >= 4 is 33.0 Å². The van der Waals surface area contributed by atoms with E-state index >= 15 is 0 Å². The molecule has 0 heterocycles. The van der Waals surface area contributed by atoms with Crippen molar-refractivity contribution in [1.82, 2.24) is 0 Å². The molecule has 19 heavy (non-hydrogen) atoms. The van der Waals surface area contributed by atoms with E-state index in [0.29, 0.717) is 11.3 Å². The molecule has 0 aliphatic heterocycles. The van der Waals surface area contributed by atoms with Gasteiger partial charge in [-0.2, -0.15) is 5.26 Å². The number of nitrogen functional groups attached to an aromatic ring is 1. The standard InChI is InChI=1S/C15H14BrN3/c1-9-6-12(7-10(2)14(9)16)19-13-5-3-4-11(8-17)15(13)18/h3-7,19H,18H2,1-2H3. The molecular weight excluding hydrogens is 302 g/mol. The van der Waals surface area contributed by atoms with Gasteiger partial charge in [0.05, 0.1) is 16.9 Å². The van der Waals surface area contributed by atoms with Gasteiger partial charge in [-0.05, 0) is 49.2 Å². The van der Waals surface area contributed by atoms with Gasteiger partial charge in [0.2, 0.25) is 0 Å². The van der Waals surface area contributed by atoms with Crippen LogP contribution in [0.25, 0.3) is 0 Å². The van der Waals surface area contributed by atoms with Gasteiger partial charge < -0.3 is 11.1 Å². The second-order valence-electron chi connectivity index (χ2n) is 4.43. The minimum atomic E-state index is 0.475. The summed E-state index contributed by atoms with van der Waals surface area (Å²) in [6, 6.07) is 11.5. The SMILES string of the molecule is Cc1cc(Nc2cccc(C#N)c2N)cc(C)c1Br. The third kappa shape index (κ3) is 2.72. The average Bonchev–Trinajstić information content (AvgIpc) is 2.38. The zero-order valence-corrected chi connectivity index (χ0v) is 12.4. The van der Waals surface area contributed by atoms with Crippen molar-refractivity contribution in [2.75, 3.05) is 11.1 Å². The highest BCUT2D eigenvalue weighted by Crippen LogP contribution is 2.30. The van der Waals surface area contributed by atoms with Crippen molar-refractivity contribution in [1.29, 1.82) is 5.26 Å². The van der Waals surface area contributed by atoms with Crippen LogP contribution in [0.4, 0.5) is 17.1 Å². The van der Waals surface area contributed by atoms with E-state index in [1.807, 2.05) is 38.1 Å². The summed E-state index contributed by atoms with van der Waals surface area (Å²) in [4.78, 5) is 0. The number of nitrogens with one attached hydrogen (secondary N) is 1. The normalized spacial score (nSPS) is 10.0. The number of nitrogens with two attached hydrogens (primary N) is 1. The first-order chi connectivity index (χ1) is 9.02. The van der Waals surface area contributed by atoms with Crippen molar-refractivity contribution in [3.63, 3.8) is 0 Å². The Morgan fingerprint density at radius 3 is 2.42 bits per heavy atom. The summed E-state index contributed by atoms with van der Waals surface area (Å²) >= 11 is 3.54. The number of halogens is 1. The van der Waals surface area contributed by atoms with Gasteiger partial charge in [-0.1, -0.05) is 22.0 Å². The lowest BCUT2D eigenvalue weighted by molar-refractivity contribution is 1.33. The minimum Gasteiger partial charge on any atom is -0.396 e. The lowest BCUT2D eigenvalue weighted by Crippen LogP contribution is -1.99. The maximum Gasteiger partial charge on any atom is 0.101 e. The number of benzene rings is 2. The molecule has 0 bridgehead atoms. The van der Waals surface area contributed by atoms with E-state index in [1.54, 1.807) is 6.07 Å². The minimum absolute atomic E-state index is 0.475. The second-order valence-corrected chi connectivity index (χ2v) is 5.22. The lowest BCUT2D eigenvalue weighted by atomic mass is 10.1. The highest BCUT2D eigenvalue weighted by atomic mass is 79.9. The maximum atomic E-state index is 8.97. The summed E-state index contributed by atoms with van der Waals surface area (Å²) in [5, 5.41) is 12.2. The molecule has 0 fully saturated rings. The lowest BCUT2D eigenvalue weighted by Gasteiger charge is -2.13. The van der Waals surface area contributed by atoms with Gasteiger partial charge in [0, 0.05) is 10.2 Å². The van der Waals surface area contributed by atoms with Crippen LogP contribution in [-0.4, -0.2) is 0 Å². The molecule has 0 radical (unpaired) electrons. The molecule has 0 aromatic heterocycles. The van der Waals surface area contributed by atoms with Crippen LogP contribution in [0.5, 0.6) is 0 Å². The van der Waals surface area contributed by atoms with Crippen LogP contribution in [0.3, 0.4) is 0 Å². The van der Waals surface area contributed by atoms with Gasteiger partial charge in [-0.3, -0.25) is 0 Å². The molecule has 0 unspecified atom stereocenters. The zero-order valence-electron chi connectivity index (χ0n) is 10.8. The van der Waals surface area contributed by atoms with E-state index < -0.39 is 0 Å². The highest BCUT2D eigenvalue weighted by molar-refractivity contribution is 9.10. The summed E-state index contributed by atoms with van der Waals surface area (Å²) in [5.74, 6) is 0. The number of anilines is 3. The van der Waals surface area contributed by atoms with Gasteiger partial charge in [0.1, 0.15) is 6.07 Å². The zero-order chi connectivity index (χ0) is 14.0. The van der Waals surface area contributed by atoms with E-state index in [0.717, 1.165) is 27.0 Å². The molecular formula is C15H14BrN3. The average molecular weight is 316 g/mol. The number of hydrogen-bond donors (Lipinski definition) is 2. The number of para-hydroxylation sites is 1. The molecule has 0 spiro atoms. The Hall–Kier alpha value is -1.99. The summed E-state index contributed by atoms with van der Waals surface area (Å²) in [6.07, 6.45) is 0. The Kier molecular flexibility index (Phi) is 3.77. The Morgan fingerprint density at radius 2 is 1.84 bits per heavy atom. The van der Waals surface area contributed by atoms with Crippen molar-refractivity contribution in [3.8, 4) is 6.07 Å². The predicted molar refractivity (Wildman–Crippen MR) is 82.5 cm³/mol. The molecule has 96 valence electrons. The van der Waals surface area contributed by atoms with Gasteiger partial charge in [-0.25, -0.2) is 0 Å². The van der Waals surface area contributed by atoms with Gasteiger partial charge in [-0.15, -0.1) is 0 Å². The van der Waals surface area contributed by atoms with Gasteiger partial charge >= 0.3 is 0 Å². The smallest absolute Gasteiger partial charge is 0.101 e. The van der Waals surface area contributed by atoms with Crippen LogP contribution in [0.15, 0.2) is 34.8 Å². The first kappa shape index (κ1) is 13.4. The summed E-state index contributed by atoms with van der Waals surface area (Å²) in [7, 11) is 0. The fraction of sp³-hybridized carbons (Fsp3) is 0.133. The van der Waals surface area contributed by atoms with Crippen LogP contribution in [0, 0.1) is 25.2 Å². The number of nitrogens with zero attached hydrogens (tertiary/aromatic N) is 1. The second kappa shape index (κ2) is 5.33. The molecule has 0 saturated carbocycles. The molecule has 3 N–H and O–H groups in total. The van der Waals surface area contributed by atoms with E-state index in [2.05, 4.69) is 27.3 Å². The third-order valence-corrected chi connectivity index (χ3v) is 4.19. The number of hydrogen-bond acceptors (Lipinski definition) is 3. The molecule has 0 aliphatic carbocycles. The fourth-order valence-electron chi connectivity index (χ4n) is 1.95. The van der Waals surface area contributed by atoms with E-state index in [9.17, 15) is 0 Å². The molecule has 2 aromatic carbocycles. The van der Waals surface area contributed by atoms with Crippen LogP contribution in [-0.2, 0) is 0 Å². The summed E-state index contributed by atoms with van der Waals surface area (Å²) < 4.78 is 1.11. The highest BCUT2D eigenvalue weighted by Gasteiger charge is 2.06. The fourth-order valence-corrected chi connectivity index (χ4v) is 2.17.